The first kappa shape index (κ1) is 15.6. The van der Waals surface area contributed by atoms with Crippen molar-refractivity contribution in [1.29, 1.82) is 0 Å². The minimum atomic E-state index is -0.0967. The maximum atomic E-state index is 12.0. The van der Waals surface area contributed by atoms with E-state index in [1.54, 1.807) is 43.0 Å². The van der Waals surface area contributed by atoms with Crippen molar-refractivity contribution in [3.63, 3.8) is 0 Å². The summed E-state index contributed by atoms with van der Waals surface area (Å²) in [6, 6.07) is 10.5. The van der Waals surface area contributed by atoms with Crippen LogP contribution in [-0.2, 0) is 11.2 Å². The van der Waals surface area contributed by atoms with Gasteiger partial charge >= 0.3 is 0 Å². The van der Waals surface area contributed by atoms with Gasteiger partial charge in [-0.05, 0) is 36.2 Å². The van der Waals surface area contributed by atoms with Gasteiger partial charge in [-0.1, -0.05) is 12.1 Å². The Hall–Kier alpha value is -3.28. The van der Waals surface area contributed by atoms with Crippen LogP contribution in [0.15, 0.2) is 61.2 Å². The molecule has 0 fully saturated rings. The molecule has 24 heavy (non-hydrogen) atoms. The van der Waals surface area contributed by atoms with E-state index in [9.17, 15) is 9.90 Å². The Balaban J connectivity index is 1.58. The van der Waals surface area contributed by atoms with E-state index >= 15 is 0 Å². The number of phenolic OH excluding ortho intramolecular Hbond substituents is 1. The van der Waals surface area contributed by atoms with E-state index in [1.807, 2.05) is 18.2 Å². The first-order valence-electron chi connectivity index (χ1n) is 7.51. The summed E-state index contributed by atoms with van der Waals surface area (Å²) >= 11 is 0. The van der Waals surface area contributed by atoms with E-state index in [2.05, 4.69) is 20.3 Å². The smallest absolute Gasteiger partial charge is 0.224 e. The molecule has 0 aliphatic carbocycles. The van der Waals surface area contributed by atoms with Crippen LogP contribution in [0.25, 0.3) is 11.4 Å². The molecule has 2 heterocycles. The first-order chi connectivity index (χ1) is 11.7. The lowest BCUT2D eigenvalue weighted by Gasteiger charge is -2.06. The number of rotatable bonds is 5. The zero-order chi connectivity index (χ0) is 16.8. The molecule has 0 saturated carbocycles. The van der Waals surface area contributed by atoms with Crippen molar-refractivity contribution in [3.05, 3.63) is 66.7 Å². The van der Waals surface area contributed by atoms with Crippen LogP contribution >= 0.6 is 0 Å². The number of nitrogens with zero attached hydrogens (tertiary/aromatic N) is 3. The topological polar surface area (TPSA) is 88.0 Å². The molecule has 6 heteroatoms. The van der Waals surface area contributed by atoms with Gasteiger partial charge in [-0.2, -0.15) is 0 Å². The monoisotopic (exact) mass is 320 g/mol. The van der Waals surface area contributed by atoms with Crippen LogP contribution in [0.4, 0.5) is 5.69 Å². The number of pyridine rings is 1. The van der Waals surface area contributed by atoms with Gasteiger partial charge in [-0.25, -0.2) is 9.97 Å². The number of aromatic nitrogens is 3. The fourth-order valence-electron chi connectivity index (χ4n) is 2.22. The third-order valence-corrected chi connectivity index (χ3v) is 3.43. The number of hydrogen-bond acceptors (Lipinski definition) is 5. The van der Waals surface area contributed by atoms with E-state index < -0.39 is 0 Å². The molecule has 6 nitrogen and oxygen atoms in total. The van der Waals surface area contributed by atoms with Gasteiger partial charge in [0.15, 0.2) is 5.82 Å². The Bertz CT molecular complexity index is 820. The second-order valence-electron chi connectivity index (χ2n) is 5.25. The predicted molar refractivity (Wildman–Crippen MR) is 90.3 cm³/mol. The number of anilines is 1. The van der Waals surface area contributed by atoms with E-state index in [4.69, 9.17) is 0 Å². The molecule has 120 valence electrons. The zero-order valence-electron chi connectivity index (χ0n) is 12.9. The molecule has 0 bridgehead atoms. The highest BCUT2D eigenvalue weighted by molar-refractivity contribution is 5.90. The summed E-state index contributed by atoms with van der Waals surface area (Å²) in [6.07, 6.45) is 7.55. The van der Waals surface area contributed by atoms with Crippen molar-refractivity contribution in [2.45, 2.75) is 12.8 Å². The summed E-state index contributed by atoms with van der Waals surface area (Å²) < 4.78 is 0. The van der Waals surface area contributed by atoms with Gasteiger partial charge in [-0.3, -0.25) is 9.78 Å². The van der Waals surface area contributed by atoms with E-state index in [1.165, 1.54) is 0 Å². The molecule has 0 atom stereocenters. The highest BCUT2D eigenvalue weighted by Crippen LogP contribution is 2.20. The molecule has 2 aromatic heterocycles. The van der Waals surface area contributed by atoms with Gasteiger partial charge < -0.3 is 10.4 Å². The lowest BCUT2D eigenvalue weighted by Crippen LogP contribution is -2.12. The molecular formula is C18H16N4O2. The Labute approximate surface area is 139 Å². The van der Waals surface area contributed by atoms with Gasteiger partial charge in [-0.15, -0.1) is 0 Å². The highest BCUT2D eigenvalue weighted by atomic mass is 16.3. The predicted octanol–water partition coefficient (Wildman–Crippen LogP) is 2.82. The lowest BCUT2D eigenvalue weighted by molar-refractivity contribution is -0.116. The number of hydrogen-bond donors (Lipinski definition) is 2. The number of phenols is 1. The third-order valence-electron chi connectivity index (χ3n) is 3.43. The number of amides is 1. The third kappa shape index (κ3) is 4.13. The molecule has 3 rings (SSSR count). The maximum Gasteiger partial charge on any atom is 0.224 e. The number of aromatic hydroxyl groups is 1. The number of carbonyl (C=O) groups is 1. The average molecular weight is 320 g/mol. The molecule has 0 saturated heterocycles. The number of carbonyl (C=O) groups excluding carboxylic acids is 1. The van der Waals surface area contributed by atoms with Crippen molar-refractivity contribution >= 4 is 11.6 Å². The second-order valence-corrected chi connectivity index (χ2v) is 5.25. The summed E-state index contributed by atoms with van der Waals surface area (Å²) in [5, 5.41) is 12.3. The minimum absolute atomic E-state index is 0.0967. The highest BCUT2D eigenvalue weighted by Gasteiger charge is 2.06. The van der Waals surface area contributed by atoms with Crippen LogP contribution in [0.1, 0.15) is 12.0 Å². The Morgan fingerprint density at radius 1 is 1.08 bits per heavy atom. The van der Waals surface area contributed by atoms with E-state index in [-0.39, 0.29) is 11.7 Å². The van der Waals surface area contributed by atoms with Crippen molar-refractivity contribution < 1.29 is 9.90 Å². The molecule has 3 aromatic rings. The van der Waals surface area contributed by atoms with Gasteiger partial charge in [0, 0.05) is 24.4 Å². The van der Waals surface area contributed by atoms with E-state index in [0.29, 0.717) is 29.9 Å². The molecule has 1 amide bonds. The fourth-order valence-corrected chi connectivity index (χ4v) is 2.22. The van der Waals surface area contributed by atoms with Gasteiger partial charge in [0.2, 0.25) is 5.91 Å². The van der Waals surface area contributed by atoms with Gasteiger partial charge in [0.25, 0.3) is 0 Å². The standard InChI is InChI=1S/C18H16N4O2/c23-16-3-1-2-14(10-16)18-20-11-15(12-21-18)22-17(24)5-4-13-6-8-19-9-7-13/h1-3,6-12,23H,4-5H2,(H,22,24). The van der Waals surface area contributed by atoms with Crippen LogP contribution in [0.3, 0.4) is 0 Å². The average Bonchev–Trinajstić information content (AvgIpc) is 2.61. The molecule has 0 radical (unpaired) electrons. The van der Waals surface area contributed by atoms with Crippen LogP contribution in [0.2, 0.25) is 0 Å². The Morgan fingerprint density at radius 2 is 1.83 bits per heavy atom. The molecule has 0 spiro atoms. The van der Waals surface area contributed by atoms with Crippen molar-refractivity contribution in [2.75, 3.05) is 5.32 Å². The number of nitrogens with one attached hydrogen (secondary N) is 1. The maximum absolute atomic E-state index is 12.0. The molecular weight excluding hydrogens is 304 g/mol. The first-order valence-corrected chi connectivity index (χ1v) is 7.51. The van der Waals surface area contributed by atoms with Crippen molar-refractivity contribution in [1.82, 2.24) is 15.0 Å². The summed E-state index contributed by atoms with van der Waals surface area (Å²) in [7, 11) is 0. The van der Waals surface area contributed by atoms with Crippen LogP contribution < -0.4 is 5.32 Å². The van der Waals surface area contributed by atoms with Crippen LogP contribution in [0.5, 0.6) is 5.75 Å². The normalized spacial score (nSPS) is 10.3. The van der Waals surface area contributed by atoms with Gasteiger partial charge in [0.1, 0.15) is 5.75 Å². The Kier molecular flexibility index (Phi) is 4.76. The second kappa shape index (κ2) is 7.32. The summed E-state index contributed by atoms with van der Waals surface area (Å²) in [4.78, 5) is 24.3. The lowest BCUT2D eigenvalue weighted by atomic mass is 10.1. The quantitative estimate of drug-likeness (QED) is 0.754. The number of benzene rings is 1. The van der Waals surface area contributed by atoms with Crippen molar-refractivity contribution in [2.24, 2.45) is 0 Å². The molecule has 1 aromatic carbocycles. The molecule has 0 aliphatic heterocycles. The van der Waals surface area contributed by atoms with E-state index in [0.717, 1.165) is 5.56 Å². The fraction of sp³-hybridized carbons (Fsp3) is 0.111. The summed E-state index contributed by atoms with van der Waals surface area (Å²) in [5.41, 5.74) is 2.32. The zero-order valence-corrected chi connectivity index (χ0v) is 12.9. The van der Waals surface area contributed by atoms with Gasteiger partial charge in [0.05, 0.1) is 18.1 Å². The number of aryl methyl sites for hydroxylation is 1. The molecule has 0 unspecified atom stereocenters. The summed E-state index contributed by atoms with van der Waals surface area (Å²) in [6.45, 7) is 0. The minimum Gasteiger partial charge on any atom is -0.508 e. The van der Waals surface area contributed by atoms with Crippen LogP contribution in [-0.4, -0.2) is 26.0 Å². The Morgan fingerprint density at radius 3 is 2.54 bits per heavy atom. The molecule has 2 N–H and O–H groups in total. The summed E-state index contributed by atoms with van der Waals surface area (Å²) in [5.74, 6) is 0.547. The molecule has 0 aliphatic rings. The SMILES string of the molecule is O=C(CCc1ccncc1)Nc1cnc(-c2cccc(O)c2)nc1. The largest absolute Gasteiger partial charge is 0.508 e. The van der Waals surface area contributed by atoms with Crippen molar-refractivity contribution in [3.8, 4) is 17.1 Å². The van der Waals surface area contributed by atoms with Crippen LogP contribution in [0, 0.1) is 0 Å².